The SMILES string of the molecule is CCC[CH2][Sn]([CH2]CCC)([CH2]CCC)[CH2]CCN(C)C. The summed E-state index contributed by atoms with van der Waals surface area (Å²) in [5, 5.41) is 0. The molecule has 0 saturated heterocycles. The standard InChI is InChI=1S/C5H12N.3C4H9.Sn/c1-4-5-6(2)3;3*1-3-4-2;/h1,4-5H2,2-3H3;3*1,3-4H2,2H3;. The van der Waals surface area contributed by atoms with Crippen LogP contribution in [0.25, 0.3) is 0 Å². The van der Waals surface area contributed by atoms with Gasteiger partial charge in [-0.05, 0) is 0 Å². The van der Waals surface area contributed by atoms with Gasteiger partial charge in [-0.1, -0.05) is 0 Å². The van der Waals surface area contributed by atoms with E-state index in [4.69, 9.17) is 0 Å². The second kappa shape index (κ2) is 12.5. The summed E-state index contributed by atoms with van der Waals surface area (Å²) in [4.78, 5) is 2.37. The fraction of sp³-hybridized carbons (Fsp3) is 1.00. The van der Waals surface area contributed by atoms with Crippen molar-refractivity contribution >= 4 is 18.4 Å². The van der Waals surface area contributed by atoms with Gasteiger partial charge in [0.1, 0.15) is 0 Å². The Hall–Kier alpha value is 0.759. The van der Waals surface area contributed by atoms with Gasteiger partial charge in [0.05, 0.1) is 0 Å². The van der Waals surface area contributed by atoms with Crippen molar-refractivity contribution in [1.29, 1.82) is 0 Å². The first kappa shape index (κ1) is 19.8. The molecule has 0 spiro atoms. The monoisotopic (exact) mass is 377 g/mol. The van der Waals surface area contributed by atoms with Gasteiger partial charge in [-0.2, -0.15) is 0 Å². The van der Waals surface area contributed by atoms with E-state index >= 15 is 0 Å². The Kier molecular flexibility index (Phi) is 13.0. The summed E-state index contributed by atoms with van der Waals surface area (Å²) in [6, 6.07) is 0. The summed E-state index contributed by atoms with van der Waals surface area (Å²) in [5.41, 5.74) is 0. The van der Waals surface area contributed by atoms with E-state index in [2.05, 4.69) is 39.8 Å². The molecule has 0 amide bonds. The Morgan fingerprint density at radius 2 is 1.00 bits per heavy atom. The molecule has 0 aromatic carbocycles. The number of hydrogen-bond acceptors (Lipinski definition) is 1. The van der Waals surface area contributed by atoms with Crippen LogP contribution in [0.4, 0.5) is 0 Å². The normalized spacial score (nSPS) is 12.3. The van der Waals surface area contributed by atoms with Crippen LogP contribution >= 0.6 is 0 Å². The Morgan fingerprint density at radius 3 is 1.32 bits per heavy atom. The van der Waals surface area contributed by atoms with Gasteiger partial charge in [-0.25, -0.2) is 0 Å². The molecule has 0 aromatic rings. The minimum atomic E-state index is -1.78. The minimum absolute atomic E-state index is 1.31. The topological polar surface area (TPSA) is 3.24 Å². The van der Waals surface area contributed by atoms with Crippen molar-refractivity contribution in [2.75, 3.05) is 20.6 Å². The van der Waals surface area contributed by atoms with Crippen LogP contribution in [0.2, 0.25) is 17.7 Å². The summed E-state index contributed by atoms with van der Waals surface area (Å²) in [6.07, 6.45) is 10.3. The van der Waals surface area contributed by atoms with E-state index in [9.17, 15) is 0 Å². The van der Waals surface area contributed by atoms with Gasteiger partial charge in [0.25, 0.3) is 0 Å². The molecule has 0 aliphatic heterocycles. The molecule has 0 aliphatic rings. The zero-order chi connectivity index (χ0) is 14.6. The number of unbranched alkanes of at least 4 members (excludes halogenated alkanes) is 3. The first-order valence-corrected chi connectivity index (χ1v) is 16.8. The quantitative estimate of drug-likeness (QED) is 0.368. The first-order chi connectivity index (χ1) is 9.10. The van der Waals surface area contributed by atoms with E-state index in [0.717, 1.165) is 0 Å². The number of nitrogens with zero attached hydrogens (tertiary/aromatic N) is 1. The van der Waals surface area contributed by atoms with E-state index < -0.39 is 18.4 Å². The molecule has 0 atom stereocenters. The average molecular weight is 376 g/mol. The van der Waals surface area contributed by atoms with E-state index in [-0.39, 0.29) is 0 Å². The molecule has 19 heavy (non-hydrogen) atoms. The Bertz CT molecular complexity index is 170. The fourth-order valence-electron chi connectivity index (χ4n) is 3.18. The van der Waals surface area contributed by atoms with E-state index in [1.54, 1.807) is 17.7 Å². The molecule has 0 bridgehead atoms. The Morgan fingerprint density at radius 1 is 0.632 bits per heavy atom. The molecule has 0 aromatic heterocycles. The molecule has 0 radical (unpaired) electrons. The predicted octanol–water partition coefficient (Wildman–Crippen LogP) is 5.79. The number of rotatable bonds is 13. The maximum atomic E-state index is 2.37. The summed E-state index contributed by atoms with van der Waals surface area (Å²) >= 11 is -1.78. The molecular weight excluding hydrogens is 337 g/mol. The van der Waals surface area contributed by atoms with Gasteiger partial charge in [0.15, 0.2) is 0 Å². The molecule has 0 heterocycles. The third kappa shape index (κ3) is 10.2. The third-order valence-electron chi connectivity index (χ3n) is 4.49. The van der Waals surface area contributed by atoms with E-state index in [0.29, 0.717) is 0 Å². The van der Waals surface area contributed by atoms with Crippen LogP contribution in [0.5, 0.6) is 0 Å². The zero-order valence-electron chi connectivity index (χ0n) is 14.4. The molecule has 0 aliphatic carbocycles. The third-order valence-corrected chi connectivity index (χ3v) is 20.6. The fourth-order valence-corrected chi connectivity index (χ4v) is 19.5. The number of hydrogen-bond donors (Lipinski definition) is 0. The van der Waals surface area contributed by atoms with Crippen LogP contribution in [0.3, 0.4) is 0 Å². The van der Waals surface area contributed by atoms with Crippen LogP contribution in [0, 0.1) is 0 Å². The maximum absolute atomic E-state index is 2.37. The summed E-state index contributed by atoms with van der Waals surface area (Å²) < 4.78 is 6.70. The zero-order valence-corrected chi connectivity index (χ0v) is 17.3. The van der Waals surface area contributed by atoms with Crippen molar-refractivity contribution in [3.05, 3.63) is 0 Å². The van der Waals surface area contributed by atoms with Crippen molar-refractivity contribution in [2.45, 2.75) is 83.5 Å². The predicted molar refractivity (Wildman–Crippen MR) is 92.9 cm³/mol. The molecule has 0 saturated carbocycles. The van der Waals surface area contributed by atoms with E-state index in [1.165, 1.54) is 51.5 Å². The van der Waals surface area contributed by atoms with Crippen LogP contribution in [-0.4, -0.2) is 43.9 Å². The van der Waals surface area contributed by atoms with Crippen LogP contribution < -0.4 is 0 Å². The average Bonchev–Trinajstić information content (AvgIpc) is 2.39. The first-order valence-electron chi connectivity index (χ1n) is 8.75. The van der Waals surface area contributed by atoms with Gasteiger partial charge in [-0.15, -0.1) is 0 Å². The summed E-state index contributed by atoms with van der Waals surface area (Å²) in [7, 11) is 4.45. The van der Waals surface area contributed by atoms with Gasteiger partial charge in [-0.3, -0.25) is 0 Å². The van der Waals surface area contributed by atoms with Crippen molar-refractivity contribution < 1.29 is 0 Å². The Labute approximate surface area is 127 Å². The molecule has 0 unspecified atom stereocenters. The van der Waals surface area contributed by atoms with E-state index in [1.807, 2.05) is 0 Å². The molecule has 0 fully saturated rings. The molecule has 2 heteroatoms. The summed E-state index contributed by atoms with van der Waals surface area (Å²) in [5.74, 6) is 0. The molecule has 0 rings (SSSR count). The van der Waals surface area contributed by atoms with Crippen molar-refractivity contribution in [1.82, 2.24) is 4.90 Å². The van der Waals surface area contributed by atoms with Crippen molar-refractivity contribution in [3.63, 3.8) is 0 Å². The summed E-state index contributed by atoms with van der Waals surface area (Å²) in [6.45, 7) is 8.42. The second-order valence-electron chi connectivity index (χ2n) is 6.72. The molecule has 1 nitrogen and oxygen atoms in total. The van der Waals surface area contributed by atoms with Gasteiger partial charge < -0.3 is 0 Å². The van der Waals surface area contributed by atoms with Crippen molar-refractivity contribution in [2.24, 2.45) is 0 Å². The van der Waals surface area contributed by atoms with Crippen LogP contribution in [-0.2, 0) is 0 Å². The van der Waals surface area contributed by atoms with Crippen molar-refractivity contribution in [3.8, 4) is 0 Å². The van der Waals surface area contributed by atoms with Gasteiger partial charge in [0, 0.05) is 0 Å². The van der Waals surface area contributed by atoms with Gasteiger partial charge >= 0.3 is 127 Å². The van der Waals surface area contributed by atoms with Gasteiger partial charge in [0.2, 0.25) is 0 Å². The Balaban J connectivity index is 4.47. The van der Waals surface area contributed by atoms with Crippen LogP contribution in [0.1, 0.15) is 65.7 Å². The molecule has 0 N–H and O–H groups in total. The van der Waals surface area contributed by atoms with Crippen LogP contribution in [0.15, 0.2) is 0 Å². The molecular formula is C17H39NSn. The second-order valence-corrected chi connectivity index (χ2v) is 21.0. The molecule has 116 valence electrons.